The summed E-state index contributed by atoms with van der Waals surface area (Å²) in [5.41, 5.74) is 3.24. The number of rotatable bonds is 8. The maximum absolute atomic E-state index is 12.5. The Labute approximate surface area is 162 Å². The Morgan fingerprint density at radius 1 is 1.11 bits per heavy atom. The molecule has 146 valence electrons. The fourth-order valence-corrected chi connectivity index (χ4v) is 3.83. The zero-order valence-electron chi connectivity index (χ0n) is 16.4. The molecule has 0 aromatic heterocycles. The Hall–Kier alpha value is -2.18. The molecule has 6 heteroatoms. The van der Waals surface area contributed by atoms with Crippen molar-refractivity contribution in [2.45, 2.75) is 45.1 Å². The van der Waals surface area contributed by atoms with Gasteiger partial charge in [0.25, 0.3) is 0 Å². The zero-order chi connectivity index (χ0) is 20.0. The van der Waals surface area contributed by atoms with Crippen molar-refractivity contribution >= 4 is 15.9 Å². The molecule has 5 nitrogen and oxygen atoms in total. The van der Waals surface area contributed by atoms with E-state index in [-0.39, 0.29) is 17.3 Å². The van der Waals surface area contributed by atoms with Gasteiger partial charge in [-0.25, -0.2) is 13.1 Å². The van der Waals surface area contributed by atoms with Crippen LogP contribution in [-0.4, -0.2) is 32.3 Å². The van der Waals surface area contributed by atoms with Crippen LogP contribution in [0.1, 0.15) is 43.4 Å². The van der Waals surface area contributed by atoms with Crippen LogP contribution in [0.4, 0.5) is 0 Å². The third-order valence-electron chi connectivity index (χ3n) is 4.43. The number of amides is 1. The van der Waals surface area contributed by atoms with Crippen LogP contribution in [0.15, 0.2) is 53.4 Å². The maximum atomic E-state index is 12.5. The van der Waals surface area contributed by atoms with Gasteiger partial charge in [0, 0.05) is 26.6 Å². The molecule has 0 heterocycles. The molecule has 0 aliphatic heterocycles. The lowest BCUT2D eigenvalue weighted by Crippen LogP contribution is -2.37. The number of benzene rings is 2. The van der Waals surface area contributed by atoms with Gasteiger partial charge < -0.3 is 4.90 Å². The molecule has 1 amide bonds. The van der Waals surface area contributed by atoms with Crippen LogP contribution in [0.25, 0.3) is 0 Å². The molecule has 2 aromatic rings. The summed E-state index contributed by atoms with van der Waals surface area (Å²) >= 11 is 0. The molecule has 2 aromatic carbocycles. The molecule has 1 N–H and O–H groups in total. The summed E-state index contributed by atoms with van der Waals surface area (Å²) in [6.45, 7) is 8.56. The highest BCUT2D eigenvalue weighted by molar-refractivity contribution is 7.89. The molecule has 0 saturated carbocycles. The molecule has 0 fully saturated rings. The Balaban J connectivity index is 1.97. The van der Waals surface area contributed by atoms with Crippen LogP contribution in [0.3, 0.4) is 0 Å². The molecule has 0 unspecified atom stereocenters. The number of sulfonamides is 1. The van der Waals surface area contributed by atoms with E-state index in [0.717, 1.165) is 16.7 Å². The van der Waals surface area contributed by atoms with Crippen LogP contribution < -0.4 is 4.72 Å². The van der Waals surface area contributed by atoms with Gasteiger partial charge in [0.1, 0.15) is 0 Å². The standard InChI is InChI=1S/C21H28N2O3S/c1-16(2)20-8-10-21(11-9-20)27(25,26)22-12-13-23(18(4)24)15-19-7-5-6-17(3)14-19/h5-11,14,16,22H,12-13,15H2,1-4H3. The Morgan fingerprint density at radius 3 is 2.33 bits per heavy atom. The molecule has 27 heavy (non-hydrogen) atoms. The minimum Gasteiger partial charge on any atom is -0.337 e. The van der Waals surface area contributed by atoms with Gasteiger partial charge >= 0.3 is 0 Å². The minimum absolute atomic E-state index is 0.0861. The second-order valence-corrected chi connectivity index (χ2v) is 8.82. The molecule has 0 radical (unpaired) electrons. The van der Waals surface area contributed by atoms with Gasteiger partial charge in [-0.15, -0.1) is 0 Å². The topological polar surface area (TPSA) is 66.5 Å². The fraction of sp³-hybridized carbons (Fsp3) is 0.381. The van der Waals surface area contributed by atoms with E-state index >= 15 is 0 Å². The molecular weight excluding hydrogens is 360 g/mol. The van der Waals surface area contributed by atoms with Gasteiger partial charge in [-0.05, 0) is 36.1 Å². The second-order valence-electron chi connectivity index (χ2n) is 7.05. The first-order valence-corrected chi connectivity index (χ1v) is 10.6. The number of hydrogen-bond acceptors (Lipinski definition) is 3. The van der Waals surface area contributed by atoms with E-state index in [1.54, 1.807) is 17.0 Å². The largest absolute Gasteiger partial charge is 0.337 e. The highest BCUT2D eigenvalue weighted by Gasteiger charge is 2.16. The third kappa shape index (κ3) is 6.19. The smallest absolute Gasteiger partial charge is 0.240 e. The van der Waals surface area contributed by atoms with E-state index < -0.39 is 10.0 Å². The van der Waals surface area contributed by atoms with Crippen molar-refractivity contribution in [2.75, 3.05) is 13.1 Å². The molecule has 0 bridgehead atoms. The van der Waals surface area contributed by atoms with E-state index in [9.17, 15) is 13.2 Å². The lowest BCUT2D eigenvalue weighted by atomic mass is 10.0. The molecule has 2 rings (SSSR count). The number of carbonyl (C=O) groups excluding carboxylic acids is 1. The highest BCUT2D eigenvalue weighted by atomic mass is 32.2. The molecule has 0 atom stereocenters. The minimum atomic E-state index is -3.59. The van der Waals surface area contributed by atoms with E-state index in [1.807, 2.05) is 43.3 Å². The summed E-state index contributed by atoms with van der Waals surface area (Å²) in [5.74, 6) is 0.262. The van der Waals surface area contributed by atoms with E-state index in [0.29, 0.717) is 19.0 Å². The molecule has 0 saturated heterocycles. The Kier molecular flexibility index (Phi) is 7.16. The first kappa shape index (κ1) is 21.1. The van der Waals surface area contributed by atoms with Gasteiger partial charge in [-0.2, -0.15) is 0 Å². The first-order chi connectivity index (χ1) is 12.7. The van der Waals surface area contributed by atoms with Crippen molar-refractivity contribution in [3.63, 3.8) is 0 Å². The monoisotopic (exact) mass is 388 g/mol. The lowest BCUT2D eigenvalue weighted by molar-refractivity contribution is -0.129. The van der Waals surface area contributed by atoms with Crippen LogP contribution >= 0.6 is 0 Å². The van der Waals surface area contributed by atoms with Gasteiger partial charge in [-0.3, -0.25) is 4.79 Å². The van der Waals surface area contributed by atoms with Crippen LogP contribution in [0.2, 0.25) is 0 Å². The quantitative estimate of drug-likeness (QED) is 0.753. The number of aryl methyl sites for hydroxylation is 1. The average Bonchev–Trinajstić information content (AvgIpc) is 2.60. The zero-order valence-corrected chi connectivity index (χ0v) is 17.2. The summed E-state index contributed by atoms with van der Waals surface area (Å²) in [6.07, 6.45) is 0. The summed E-state index contributed by atoms with van der Waals surface area (Å²) < 4.78 is 27.5. The number of nitrogens with zero attached hydrogens (tertiary/aromatic N) is 1. The number of hydrogen-bond donors (Lipinski definition) is 1. The van der Waals surface area contributed by atoms with Crippen molar-refractivity contribution in [3.8, 4) is 0 Å². The number of nitrogens with one attached hydrogen (secondary N) is 1. The summed E-state index contributed by atoms with van der Waals surface area (Å²) in [7, 11) is -3.59. The summed E-state index contributed by atoms with van der Waals surface area (Å²) in [6, 6.07) is 14.8. The SMILES string of the molecule is CC(=O)N(CCNS(=O)(=O)c1ccc(C(C)C)cc1)Cc1cccc(C)c1. The molecule has 0 spiro atoms. The van der Waals surface area contributed by atoms with Gasteiger partial charge in [0.2, 0.25) is 15.9 Å². The third-order valence-corrected chi connectivity index (χ3v) is 5.91. The van der Waals surface area contributed by atoms with Gasteiger partial charge in [-0.1, -0.05) is 55.8 Å². The van der Waals surface area contributed by atoms with Crippen LogP contribution in [-0.2, 0) is 21.4 Å². The van der Waals surface area contributed by atoms with Crippen molar-refractivity contribution in [2.24, 2.45) is 0 Å². The van der Waals surface area contributed by atoms with E-state index in [4.69, 9.17) is 0 Å². The maximum Gasteiger partial charge on any atom is 0.240 e. The van der Waals surface area contributed by atoms with Crippen molar-refractivity contribution in [1.82, 2.24) is 9.62 Å². The van der Waals surface area contributed by atoms with Gasteiger partial charge in [0.05, 0.1) is 4.90 Å². The predicted molar refractivity (Wildman–Crippen MR) is 108 cm³/mol. The summed E-state index contributed by atoms with van der Waals surface area (Å²) in [5, 5.41) is 0. The van der Waals surface area contributed by atoms with E-state index in [2.05, 4.69) is 18.6 Å². The summed E-state index contributed by atoms with van der Waals surface area (Å²) in [4.78, 5) is 13.8. The van der Waals surface area contributed by atoms with Crippen molar-refractivity contribution < 1.29 is 13.2 Å². The molecule has 0 aliphatic rings. The van der Waals surface area contributed by atoms with Crippen LogP contribution in [0, 0.1) is 6.92 Å². The normalized spacial score (nSPS) is 11.6. The van der Waals surface area contributed by atoms with Crippen molar-refractivity contribution in [1.29, 1.82) is 0 Å². The lowest BCUT2D eigenvalue weighted by Gasteiger charge is -2.21. The molecule has 0 aliphatic carbocycles. The van der Waals surface area contributed by atoms with Gasteiger partial charge in [0.15, 0.2) is 0 Å². The Bertz CT molecular complexity index is 875. The highest BCUT2D eigenvalue weighted by Crippen LogP contribution is 2.17. The average molecular weight is 389 g/mol. The Morgan fingerprint density at radius 2 is 1.78 bits per heavy atom. The first-order valence-electron chi connectivity index (χ1n) is 9.09. The van der Waals surface area contributed by atoms with Crippen molar-refractivity contribution in [3.05, 3.63) is 65.2 Å². The fourth-order valence-electron chi connectivity index (χ4n) is 2.81. The predicted octanol–water partition coefficient (Wildman–Crippen LogP) is 3.45. The second kappa shape index (κ2) is 9.15. The van der Waals surface area contributed by atoms with E-state index in [1.165, 1.54) is 6.92 Å². The van der Waals surface area contributed by atoms with Crippen LogP contribution in [0.5, 0.6) is 0 Å². The molecular formula is C21H28N2O3S. The number of carbonyl (C=O) groups is 1.